The van der Waals surface area contributed by atoms with Crippen molar-refractivity contribution in [3.8, 4) is 5.75 Å². The number of carbonyl (C=O) groups excluding carboxylic acids is 1. The third-order valence-electron chi connectivity index (χ3n) is 6.37. The molecule has 2 aliphatic rings. The molecule has 0 unspecified atom stereocenters. The summed E-state index contributed by atoms with van der Waals surface area (Å²) >= 11 is 1.48. The number of hydrogen-bond donors (Lipinski definition) is 2. The minimum absolute atomic E-state index is 0.0576. The predicted molar refractivity (Wildman–Crippen MR) is 134 cm³/mol. The first-order valence-electron chi connectivity index (χ1n) is 11.3. The minimum atomic E-state index is -0.532. The number of Topliss-reactive ketones (excluding diaryl/α,β-unsaturated/α-hetero) is 1. The number of methoxy groups -OCH3 is 1. The van der Waals surface area contributed by atoms with E-state index < -0.39 is 5.92 Å². The summed E-state index contributed by atoms with van der Waals surface area (Å²) in [5.41, 5.74) is 3.49. The number of nitrogens with one attached hydrogen (secondary N) is 2. The highest BCUT2D eigenvalue weighted by Gasteiger charge is 2.43. The summed E-state index contributed by atoms with van der Waals surface area (Å²) in [5, 5.41) is 3.92. The summed E-state index contributed by atoms with van der Waals surface area (Å²) in [4.78, 5) is 34.6. The summed E-state index contributed by atoms with van der Waals surface area (Å²) < 4.78 is 5.63. The highest BCUT2D eigenvalue weighted by atomic mass is 32.2. The van der Waals surface area contributed by atoms with Crippen LogP contribution in [0.1, 0.15) is 49.3 Å². The van der Waals surface area contributed by atoms with E-state index in [0.717, 1.165) is 16.8 Å². The van der Waals surface area contributed by atoms with Gasteiger partial charge in [-0.15, -0.1) is 0 Å². The number of hydrogen-bond acceptors (Lipinski definition) is 6. The normalized spacial score (nSPS) is 18.7. The van der Waals surface area contributed by atoms with Crippen molar-refractivity contribution < 1.29 is 9.53 Å². The molecule has 2 aromatic carbocycles. The van der Waals surface area contributed by atoms with Crippen LogP contribution in [0.3, 0.4) is 0 Å². The number of carbonyl (C=O) groups is 1. The number of benzene rings is 2. The number of anilines is 1. The average Bonchev–Trinajstić information content (AvgIpc) is 2.81. The Hall–Kier alpha value is -3.32. The maximum Gasteiger partial charge on any atom is 0.257 e. The van der Waals surface area contributed by atoms with Gasteiger partial charge < -0.3 is 15.0 Å². The number of rotatable bonds is 5. The van der Waals surface area contributed by atoms with Crippen molar-refractivity contribution in [1.29, 1.82) is 0 Å². The molecule has 0 saturated carbocycles. The van der Waals surface area contributed by atoms with Crippen molar-refractivity contribution in [3.63, 3.8) is 0 Å². The zero-order valence-corrected chi connectivity index (χ0v) is 20.3. The monoisotopic (exact) mass is 473 g/mol. The van der Waals surface area contributed by atoms with Gasteiger partial charge >= 0.3 is 0 Å². The summed E-state index contributed by atoms with van der Waals surface area (Å²) in [7, 11) is 1.60. The van der Waals surface area contributed by atoms with Crippen molar-refractivity contribution in [2.75, 3.05) is 12.4 Å². The van der Waals surface area contributed by atoms with E-state index in [9.17, 15) is 9.59 Å². The molecule has 34 heavy (non-hydrogen) atoms. The molecular formula is C27H27N3O3S. The van der Waals surface area contributed by atoms with Crippen molar-refractivity contribution in [1.82, 2.24) is 9.97 Å². The predicted octanol–water partition coefficient (Wildman–Crippen LogP) is 5.27. The molecule has 3 aromatic rings. The van der Waals surface area contributed by atoms with E-state index in [-0.39, 0.29) is 16.8 Å². The molecule has 7 heteroatoms. The van der Waals surface area contributed by atoms with E-state index in [1.165, 1.54) is 11.8 Å². The van der Waals surface area contributed by atoms with Crippen LogP contribution in [0.4, 0.5) is 5.82 Å². The fourth-order valence-electron chi connectivity index (χ4n) is 4.90. The van der Waals surface area contributed by atoms with Crippen molar-refractivity contribution in [3.05, 3.63) is 92.9 Å². The Morgan fingerprint density at radius 1 is 1.06 bits per heavy atom. The molecule has 174 valence electrons. The fraction of sp³-hybridized carbons (Fsp3) is 0.296. The number of H-pyrrole nitrogens is 1. The van der Waals surface area contributed by atoms with E-state index in [1.54, 1.807) is 7.11 Å². The molecule has 5 rings (SSSR count). The molecule has 1 atom stereocenters. The lowest BCUT2D eigenvalue weighted by Gasteiger charge is -2.38. The lowest BCUT2D eigenvalue weighted by molar-refractivity contribution is -0.118. The third kappa shape index (κ3) is 4.16. The topological polar surface area (TPSA) is 84.1 Å². The first kappa shape index (κ1) is 22.5. The van der Waals surface area contributed by atoms with Gasteiger partial charge in [-0.2, -0.15) is 0 Å². The van der Waals surface area contributed by atoms with Crippen LogP contribution in [0.25, 0.3) is 0 Å². The Morgan fingerprint density at radius 3 is 2.56 bits per heavy atom. The van der Waals surface area contributed by atoms with Crippen molar-refractivity contribution in [2.24, 2.45) is 5.41 Å². The second-order valence-corrected chi connectivity index (χ2v) is 10.5. The Bertz CT molecular complexity index is 1340. The average molecular weight is 474 g/mol. The van der Waals surface area contributed by atoms with Gasteiger partial charge in [0.25, 0.3) is 5.56 Å². The number of aromatic amines is 1. The van der Waals surface area contributed by atoms with Gasteiger partial charge in [0.2, 0.25) is 0 Å². The zero-order valence-electron chi connectivity index (χ0n) is 19.5. The van der Waals surface area contributed by atoms with Crippen LogP contribution in [0.2, 0.25) is 0 Å². The van der Waals surface area contributed by atoms with Gasteiger partial charge in [0.1, 0.15) is 11.6 Å². The fourth-order valence-corrected chi connectivity index (χ4v) is 5.72. The Labute approximate surface area is 202 Å². The van der Waals surface area contributed by atoms with Crippen LogP contribution in [0.5, 0.6) is 5.75 Å². The summed E-state index contributed by atoms with van der Waals surface area (Å²) in [5.74, 6) is 1.38. The van der Waals surface area contributed by atoms with E-state index in [4.69, 9.17) is 9.72 Å². The van der Waals surface area contributed by atoms with Crippen LogP contribution < -0.4 is 15.6 Å². The van der Waals surface area contributed by atoms with Gasteiger partial charge in [0.15, 0.2) is 10.9 Å². The summed E-state index contributed by atoms with van der Waals surface area (Å²) in [6.07, 6.45) is 1.14. The van der Waals surface area contributed by atoms with Crippen LogP contribution in [-0.4, -0.2) is 22.9 Å². The first-order valence-corrected chi connectivity index (χ1v) is 12.3. The van der Waals surface area contributed by atoms with E-state index in [1.807, 2.05) is 54.6 Å². The van der Waals surface area contributed by atoms with E-state index >= 15 is 0 Å². The molecule has 0 bridgehead atoms. The second-order valence-electron chi connectivity index (χ2n) is 9.54. The SMILES string of the molecule is COc1ccccc1[C@@H]1C2=C(CC(C)(C)CC2=O)Nc2nc(SCc3ccccc3)[nH]c(=O)c21. The Kier molecular flexibility index (Phi) is 5.81. The van der Waals surface area contributed by atoms with E-state index in [0.29, 0.717) is 46.5 Å². The van der Waals surface area contributed by atoms with E-state index in [2.05, 4.69) is 24.1 Å². The molecule has 1 aromatic heterocycles. The van der Waals surface area contributed by atoms with Crippen LogP contribution >= 0.6 is 11.8 Å². The molecule has 0 fully saturated rings. The number of thioether (sulfide) groups is 1. The molecule has 0 saturated heterocycles. The maximum atomic E-state index is 13.5. The Morgan fingerprint density at radius 2 is 1.79 bits per heavy atom. The number of fused-ring (bicyclic) bond motifs is 1. The number of nitrogens with zero attached hydrogens (tertiary/aromatic N) is 1. The maximum absolute atomic E-state index is 13.5. The molecule has 6 nitrogen and oxygen atoms in total. The quantitative estimate of drug-likeness (QED) is 0.388. The van der Waals surface area contributed by atoms with Crippen LogP contribution in [0.15, 0.2) is 75.8 Å². The molecular weight excluding hydrogens is 446 g/mol. The van der Waals surface area contributed by atoms with Gasteiger partial charge in [-0.1, -0.05) is 74.1 Å². The summed E-state index contributed by atoms with van der Waals surface area (Å²) in [6.45, 7) is 4.19. The van der Waals surface area contributed by atoms with Crippen molar-refractivity contribution in [2.45, 2.75) is 43.5 Å². The molecule has 1 aliphatic heterocycles. The molecule has 0 radical (unpaired) electrons. The van der Waals surface area contributed by atoms with Crippen LogP contribution in [0, 0.1) is 5.41 Å². The lowest BCUT2D eigenvalue weighted by Crippen LogP contribution is -2.37. The largest absolute Gasteiger partial charge is 0.496 e. The second kappa shape index (κ2) is 8.80. The first-order chi connectivity index (χ1) is 16.4. The number of ether oxygens (including phenoxy) is 1. The Balaban J connectivity index is 1.62. The molecule has 2 heterocycles. The number of ketones is 1. The van der Waals surface area contributed by atoms with Crippen LogP contribution in [-0.2, 0) is 10.5 Å². The number of aromatic nitrogens is 2. The molecule has 0 spiro atoms. The van der Waals surface area contributed by atoms with Crippen molar-refractivity contribution >= 4 is 23.4 Å². The number of para-hydroxylation sites is 1. The van der Waals surface area contributed by atoms with Gasteiger partial charge in [0, 0.05) is 29.0 Å². The van der Waals surface area contributed by atoms with Gasteiger partial charge in [-0.05, 0) is 23.5 Å². The third-order valence-corrected chi connectivity index (χ3v) is 7.31. The lowest BCUT2D eigenvalue weighted by atomic mass is 9.69. The smallest absolute Gasteiger partial charge is 0.257 e. The molecule has 0 amide bonds. The highest BCUT2D eigenvalue weighted by molar-refractivity contribution is 7.98. The van der Waals surface area contributed by atoms with Gasteiger partial charge in [0.05, 0.1) is 18.6 Å². The number of allylic oxidation sites excluding steroid dienone is 2. The standard InChI is InChI=1S/C27H27N3O3S/c1-27(2)13-18-22(19(31)14-27)21(17-11-7-8-12-20(17)33-3)23-24(28-18)29-26(30-25(23)32)34-15-16-9-5-4-6-10-16/h4-12,21H,13-15H2,1-3H3,(H2,28,29,30,32)/t21-/m1/s1. The summed E-state index contributed by atoms with van der Waals surface area (Å²) in [6, 6.07) is 17.6. The minimum Gasteiger partial charge on any atom is -0.496 e. The molecule has 2 N–H and O–H groups in total. The van der Waals surface area contributed by atoms with Gasteiger partial charge in [-0.3, -0.25) is 9.59 Å². The van der Waals surface area contributed by atoms with Gasteiger partial charge in [-0.25, -0.2) is 4.98 Å². The highest BCUT2D eigenvalue weighted by Crippen LogP contribution is 2.49. The zero-order chi connectivity index (χ0) is 23.9. The molecule has 1 aliphatic carbocycles.